The van der Waals surface area contributed by atoms with E-state index in [0.29, 0.717) is 17.6 Å². The number of nitrogens with one attached hydrogen (secondary N) is 1. The summed E-state index contributed by atoms with van der Waals surface area (Å²) in [6, 6.07) is 5.43. The van der Waals surface area contributed by atoms with Crippen LogP contribution in [0.25, 0.3) is 0 Å². The van der Waals surface area contributed by atoms with Gasteiger partial charge in [-0.2, -0.15) is 0 Å². The fraction of sp³-hybridized carbons (Fsp3) is 0.625. The standard InChI is InChI=1S/C16H26FNO/c1-6-9-18-16(12(4)11(2)3)13-7-8-15(19-5)14(17)10-13/h7-8,10-12,16,18H,6,9H2,1-5H3. The lowest BCUT2D eigenvalue weighted by Gasteiger charge is -2.28. The summed E-state index contributed by atoms with van der Waals surface area (Å²) in [5.74, 6) is 0.994. The minimum absolute atomic E-state index is 0.181. The Kier molecular flexibility index (Phi) is 6.29. The van der Waals surface area contributed by atoms with Crippen LogP contribution in [0.4, 0.5) is 4.39 Å². The van der Waals surface area contributed by atoms with Gasteiger partial charge in [-0.05, 0) is 42.5 Å². The van der Waals surface area contributed by atoms with Crippen molar-refractivity contribution in [1.29, 1.82) is 0 Å². The predicted molar refractivity (Wildman–Crippen MR) is 78.0 cm³/mol. The maximum Gasteiger partial charge on any atom is 0.165 e. The highest BCUT2D eigenvalue weighted by Crippen LogP contribution is 2.30. The summed E-state index contributed by atoms with van der Waals surface area (Å²) in [7, 11) is 1.49. The van der Waals surface area contributed by atoms with Crippen LogP contribution in [-0.2, 0) is 0 Å². The van der Waals surface area contributed by atoms with Gasteiger partial charge < -0.3 is 10.1 Å². The van der Waals surface area contributed by atoms with Gasteiger partial charge in [-0.1, -0.05) is 33.8 Å². The molecule has 1 N–H and O–H groups in total. The SMILES string of the molecule is CCCNC(c1ccc(OC)c(F)c1)C(C)C(C)C. The molecule has 0 aliphatic carbocycles. The van der Waals surface area contributed by atoms with E-state index in [0.717, 1.165) is 18.5 Å². The molecule has 0 radical (unpaired) electrons. The van der Waals surface area contributed by atoms with Crippen LogP contribution >= 0.6 is 0 Å². The second-order valence-corrected chi connectivity index (χ2v) is 5.43. The fourth-order valence-corrected chi connectivity index (χ4v) is 2.17. The van der Waals surface area contributed by atoms with E-state index in [1.807, 2.05) is 6.07 Å². The summed E-state index contributed by atoms with van der Waals surface area (Å²) < 4.78 is 18.8. The largest absolute Gasteiger partial charge is 0.494 e. The van der Waals surface area contributed by atoms with E-state index >= 15 is 0 Å². The zero-order valence-electron chi connectivity index (χ0n) is 12.7. The Hall–Kier alpha value is -1.09. The van der Waals surface area contributed by atoms with Crippen LogP contribution in [0.15, 0.2) is 18.2 Å². The second kappa shape index (κ2) is 7.49. The average Bonchev–Trinajstić information content (AvgIpc) is 2.39. The van der Waals surface area contributed by atoms with E-state index in [1.54, 1.807) is 12.1 Å². The monoisotopic (exact) mass is 267 g/mol. The van der Waals surface area contributed by atoms with Crippen molar-refractivity contribution in [1.82, 2.24) is 5.32 Å². The third kappa shape index (κ3) is 4.20. The van der Waals surface area contributed by atoms with Crippen molar-refractivity contribution in [3.8, 4) is 5.75 Å². The van der Waals surface area contributed by atoms with Gasteiger partial charge in [0.2, 0.25) is 0 Å². The second-order valence-electron chi connectivity index (χ2n) is 5.43. The van der Waals surface area contributed by atoms with Gasteiger partial charge in [0.25, 0.3) is 0 Å². The van der Waals surface area contributed by atoms with Gasteiger partial charge in [0.15, 0.2) is 11.6 Å². The molecule has 0 bridgehead atoms. The van der Waals surface area contributed by atoms with Gasteiger partial charge in [0.05, 0.1) is 7.11 Å². The third-order valence-corrected chi connectivity index (χ3v) is 3.73. The van der Waals surface area contributed by atoms with Gasteiger partial charge in [-0.25, -0.2) is 4.39 Å². The van der Waals surface area contributed by atoms with Gasteiger partial charge >= 0.3 is 0 Å². The first-order chi connectivity index (χ1) is 9.01. The van der Waals surface area contributed by atoms with Crippen molar-refractivity contribution in [2.75, 3.05) is 13.7 Å². The fourth-order valence-electron chi connectivity index (χ4n) is 2.17. The summed E-state index contributed by atoms with van der Waals surface area (Å²) in [4.78, 5) is 0. The van der Waals surface area contributed by atoms with Crippen LogP contribution in [0.3, 0.4) is 0 Å². The molecule has 2 unspecified atom stereocenters. The molecular weight excluding hydrogens is 241 g/mol. The number of hydrogen-bond acceptors (Lipinski definition) is 2. The first-order valence-electron chi connectivity index (χ1n) is 7.08. The summed E-state index contributed by atoms with van der Waals surface area (Å²) in [5.41, 5.74) is 0.993. The van der Waals surface area contributed by atoms with Crippen LogP contribution in [0.2, 0.25) is 0 Å². The van der Waals surface area contributed by atoms with E-state index in [4.69, 9.17) is 4.74 Å². The number of halogens is 1. The van der Waals surface area contributed by atoms with Gasteiger partial charge in [-0.15, -0.1) is 0 Å². The molecule has 0 amide bonds. The summed E-state index contributed by atoms with van der Waals surface area (Å²) in [5, 5.41) is 3.52. The van der Waals surface area contributed by atoms with Gasteiger partial charge in [-0.3, -0.25) is 0 Å². The minimum Gasteiger partial charge on any atom is -0.494 e. The van der Waals surface area contributed by atoms with Crippen LogP contribution in [0.5, 0.6) is 5.75 Å². The number of benzene rings is 1. The van der Waals surface area contributed by atoms with Crippen molar-refractivity contribution in [3.63, 3.8) is 0 Å². The quantitative estimate of drug-likeness (QED) is 0.800. The third-order valence-electron chi connectivity index (χ3n) is 3.73. The van der Waals surface area contributed by atoms with E-state index in [9.17, 15) is 4.39 Å². The van der Waals surface area contributed by atoms with E-state index < -0.39 is 0 Å². The summed E-state index contributed by atoms with van der Waals surface area (Å²) in [6.07, 6.45) is 1.07. The van der Waals surface area contributed by atoms with Gasteiger partial charge in [0.1, 0.15) is 0 Å². The van der Waals surface area contributed by atoms with Gasteiger partial charge in [0, 0.05) is 6.04 Å². The molecule has 0 saturated heterocycles. The highest BCUT2D eigenvalue weighted by Gasteiger charge is 2.22. The van der Waals surface area contributed by atoms with Crippen molar-refractivity contribution in [3.05, 3.63) is 29.6 Å². The zero-order valence-corrected chi connectivity index (χ0v) is 12.7. The molecule has 0 spiro atoms. The Balaban J connectivity index is 2.99. The smallest absolute Gasteiger partial charge is 0.165 e. The molecule has 1 aromatic carbocycles. The Morgan fingerprint density at radius 1 is 1.26 bits per heavy atom. The lowest BCUT2D eigenvalue weighted by atomic mass is 9.86. The van der Waals surface area contributed by atoms with Crippen LogP contribution < -0.4 is 10.1 Å². The number of ether oxygens (including phenoxy) is 1. The lowest BCUT2D eigenvalue weighted by Crippen LogP contribution is -2.30. The first-order valence-corrected chi connectivity index (χ1v) is 7.08. The molecule has 2 nitrogen and oxygen atoms in total. The number of hydrogen-bond donors (Lipinski definition) is 1. The molecule has 0 aliphatic heterocycles. The first kappa shape index (κ1) is 16.0. The lowest BCUT2D eigenvalue weighted by molar-refractivity contribution is 0.302. The zero-order chi connectivity index (χ0) is 14.4. The summed E-state index contributed by atoms with van der Waals surface area (Å²) in [6.45, 7) is 9.69. The van der Waals surface area contributed by atoms with Crippen LogP contribution in [0.1, 0.15) is 45.7 Å². The van der Waals surface area contributed by atoms with E-state index in [2.05, 4.69) is 33.0 Å². The maximum absolute atomic E-state index is 13.8. The molecule has 3 heteroatoms. The Labute approximate surface area is 116 Å². The molecular formula is C16H26FNO. The Bertz CT molecular complexity index is 392. The average molecular weight is 267 g/mol. The highest BCUT2D eigenvalue weighted by atomic mass is 19.1. The molecule has 0 fully saturated rings. The highest BCUT2D eigenvalue weighted by molar-refractivity contribution is 5.31. The molecule has 19 heavy (non-hydrogen) atoms. The molecule has 0 saturated carbocycles. The molecule has 0 heterocycles. The Morgan fingerprint density at radius 3 is 2.42 bits per heavy atom. The number of rotatable bonds is 7. The predicted octanol–water partition coefficient (Wildman–Crippen LogP) is 4.17. The molecule has 2 atom stereocenters. The maximum atomic E-state index is 13.8. The van der Waals surface area contributed by atoms with E-state index in [1.165, 1.54) is 7.11 Å². The number of methoxy groups -OCH3 is 1. The van der Waals surface area contributed by atoms with Crippen molar-refractivity contribution in [2.45, 2.75) is 40.2 Å². The van der Waals surface area contributed by atoms with Crippen molar-refractivity contribution < 1.29 is 9.13 Å². The molecule has 0 aliphatic rings. The van der Waals surface area contributed by atoms with Crippen molar-refractivity contribution >= 4 is 0 Å². The molecule has 108 valence electrons. The van der Waals surface area contributed by atoms with Crippen LogP contribution in [0, 0.1) is 17.7 Å². The molecule has 0 aromatic heterocycles. The normalized spacial score (nSPS) is 14.5. The summed E-state index contributed by atoms with van der Waals surface area (Å²) >= 11 is 0. The van der Waals surface area contributed by atoms with Crippen molar-refractivity contribution in [2.24, 2.45) is 11.8 Å². The Morgan fingerprint density at radius 2 is 1.95 bits per heavy atom. The molecule has 1 aromatic rings. The molecule has 1 rings (SSSR count). The van der Waals surface area contributed by atoms with E-state index in [-0.39, 0.29) is 11.9 Å². The topological polar surface area (TPSA) is 21.3 Å². The minimum atomic E-state index is -0.292. The van der Waals surface area contributed by atoms with Crippen LogP contribution in [-0.4, -0.2) is 13.7 Å².